The van der Waals surface area contributed by atoms with E-state index >= 15 is 0 Å². The molecule has 0 aromatic heterocycles. The SMILES string of the molecule is Cl.ClC1=CC2=NC1=CC1=NC(=CC3=NC(=CC4=NC(=C2)C=C4)C=C3)C=C1.[GaH3]. The van der Waals surface area contributed by atoms with E-state index < -0.39 is 0 Å². The van der Waals surface area contributed by atoms with Gasteiger partial charge in [-0.3, -0.25) is 0 Å². The van der Waals surface area contributed by atoms with Crippen LogP contribution in [0.1, 0.15) is 0 Å². The second-order valence-corrected chi connectivity index (χ2v) is 6.28. The summed E-state index contributed by atoms with van der Waals surface area (Å²) in [5.41, 5.74) is 6.60. The Hall–Kier alpha value is -2.18. The summed E-state index contributed by atoms with van der Waals surface area (Å²) in [4.78, 5) is 18.3. The van der Waals surface area contributed by atoms with E-state index in [9.17, 15) is 0 Å². The molecule has 5 rings (SSSR count). The number of fused-ring (bicyclic) bond motifs is 4. The molecule has 5 aliphatic rings. The van der Waals surface area contributed by atoms with Crippen molar-refractivity contribution in [3.63, 3.8) is 0 Å². The maximum absolute atomic E-state index is 6.32. The van der Waals surface area contributed by atoms with Crippen molar-refractivity contribution in [3.05, 3.63) is 94.7 Å². The van der Waals surface area contributed by atoms with Crippen molar-refractivity contribution in [3.8, 4) is 0 Å². The van der Waals surface area contributed by atoms with Gasteiger partial charge in [-0.05, 0) is 66.8 Å². The van der Waals surface area contributed by atoms with Gasteiger partial charge in [-0.2, -0.15) is 0 Å². The Morgan fingerprint density at radius 3 is 1.48 bits per heavy atom. The van der Waals surface area contributed by atoms with E-state index in [4.69, 9.17) is 11.6 Å². The van der Waals surface area contributed by atoms with Gasteiger partial charge in [-0.15, -0.1) is 12.4 Å². The molecule has 0 N–H and O–H groups in total. The third-order valence-electron chi connectivity index (χ3n) is 3.99. The van der Waals surface area contributed by atoms with E-state index in [1.54, 1.807) is 0 Å². The van der Waals surface area contributed by atoms with Crippen molar-refractivity contribution in [2.24, 2.45) is 20.0 Å². The summed E-state index contributed by atoms with van der Waals surface area (Å²) in [5.74, 6) is 0. The molecule has 0 saturated heterocycles. The molecule has 27 heavy (non-hydrogen) atoms. The predicted molar refractivity (Wildman–Crippen MR) is 121 cm³/mol. The third-order valence-corrected chi connectivity index (χ3v) is 4.29. The molecule has 5 aliphatic heterocycles. The molecule has 0 radical (unpaired) electrons. The number of hydrogen-bond acceptors (Lipinski definition) is 4. The molecule has 0 saturated carbocycles. The van der Waals surface area contributed by atoms with Crippen molar-refractivity contribution >= 4 is 66.6 Å². The van der Waals surface area contributed by atoms with Crippen LogP contribution in [0.5, 0.6) is 0 Å². The first-order valence-electron chi connectivity index (χ1n) is 7.85. The van der Waals surface area contributed by atoms with Crippen molar-refractivity contribution in [2.75, 3.05) is 0 Å². The van der Waals surface area contributed by atoms with Gasteiger partial charge >= 0.3 is 19.8 Å². The molecular formula is C20H15Cl2GaN4. The van der Waals surface area contributed by atoms with E-state index in [0.717, 1.165) is 39.9 Å². The summed E-state index contributed by atoms with van der Waals surface area (Å²) >= 11 is 6.32. The zero-order valence-electron chi connectivity index (χ0n) is 13.4. The Morgan fingerprint density at radius 1 is 0.519 bits per heavy atom. The molecule has 0 aliphatic carbocycles. The molecule has 132 valence electrons. The molecule has 5 heterocycles. The van der Waals surface area contributed by atoms with Crippen LogP contribution in [-0.4, -0.2) is 42.6 Å². The van der Waals surface area contributed by atoms with Crippen LogP contribution in [0.25, 0.3) is 0 Å². The fourth-order valence-corrected chi connectivity index (χ4v) is 3.07. The molecule has 0 atom stereocenters. The van der Waals surface area contributed by atoms with Gasteiger partial charge in [-0.1, -0.05) is 11.6 Å². The quantitative estimate of drug-likeness (QED) is 0.507. The van der Waals surface area contributed by atoms with Crippen LogP contribution in [0, 0.1) is 0 Å². The number of nitrogens with zero attached hydrogens (tertiary/aromatic N) is 4. The van der Waals surface area contributed by atoms with Gasteiger partial charge in [0.15, 0.2) is 0 Å². The zero-order valence-corrected chi connectivity index (χ0v) is 15.0. The monoisotopic (exact) mass is 450 g/mol. The summed E-state index contributed by atoms with van der Waals surface area (Å²) in [6, 6.07) is 0. The average molecular weight is 452 g/mol. The van der Waals surface area contributed by atoms with Crippen LogP contribution < -0.4 is 0 Å². The maximum atomic E-state index is 6.32. The summed E-state index contributed by atoms with van der Waals surface area (Å²) < 4.78 is 0. The Labute approximate surface area is 180 Å². The predicted octanol–water partition coefficient (Wildman–Crippen LogP) is 3.38. The Bertz CT molecular complexity index is 1090. The van der Waals surface area contributed by atoms with Crippen molar-refractivity contribution < 1.29 is 0 Å². The standard InChI is InChI=1S/C20H11ClN4.ClH.Ga.3H/c21-19-10-18-9-16-4-3-14(23-16)7-12-1-2-13(22-12)8-15-5-6-17(24-15)11-20(19)25-18;;;;;/h1-11H;1H;;;;. The van der Waals surface area contributed by atoms with E-state index in [-0.39, 0.29) is 32.2 Å². The van der Waals surface area contributed by atoms with Gasteiger partial charge in [0.2, 0.25) is 0 Å². The fourth-order valence-electron chi connectivity index (χ4n) is 2.86. The topological polar surface area (TPSA) is 49.4 Å². The van der Waals surface area contributed by atoms with Gasteiger partial charge in [0, 0.05) is 0 Å². The van der Waals surface area contributed by atoms with E-state index in [0.29, 0.717) is 10.7 Å². The molecule has 0 amide bonds. The van der Waals surface area contributed by atoms with Crippen LogP contribution in [0.4, 0.5) is 0 Å². The van der Waals surface area contributed by atoms with Gasteiger partial charge in [0.05, 0.1) is 50.7 Å². The van der Waals surface area contributed by atoms with Gasteiger partial charge in [0.1, 0.15) is 0 Å². The number of halogens is 2. The van der Waals surface area contributed by atoms with Crippen LogP contribution in [0.15, 0.2) is 115 Å². The first-order valence-corrected chi connectivity index (χ1v) is 8.22. The number of aliphatic imine (C=N–C) groups is 4. The van der Waals surface area contributed by atoms with Crippen molar-refractivity contribution in [1.82, 2.24) is 0 Å². The van der Waals surface area contributed by atoms with Crippen LogP contribution in [0.3, 0.4) is 0 Å². The number of allylic oxidation sites excluding steroid dienone is 12. The molecule has 0 unspecified atom stereocenters. The van der Waals surface area contributed by atoms with Crippen LogP contribution >= 0.6 is 24.0 Å². The number of hydrogen-bond donors (Lipinski definition) is 0. The summed E-state index contributed by atoms with van der Waals surface area (Å²) in [6.07, 6.45) is 21.3. The van der Waals surface area contributed by atoms with Gasteiger partial charge in [-0.25, -0.2) is 20.0 Å². The third kappa shape index (κ3) is 4.06. The first kappa shape index (κ1) is 19.6. The Kier molecular flexibility index (Phi) is 5.67. The molecule has 0 fully saturated rings. The second kappa shape index (κ2) is 7.82. The Balaban J connectivity index is 0.00000105. The normalized spacial score (nSPS) is 21.0. The molecule has 0 spiro atoms. The van der Waals surface area contributed by atoms with Crippen molar-refractivity contribution in [1.29, 1.82) is 0 Å². The average Bonchev–Trinajstić information content (AvgIpc) is 3.33. The zero-order chi connectivity index (χ0) is 16.8. The minimum absolute atomic E-state index is 0. The fraction of sp³-hybridized carbons (Fsp3) is 0. The summed E-state index contributed by atoms with van der Waals surface area (Å²) in [7, 11) is 0. The molecular weight excluding hydrogens is 437 g/mol. The first-order chi connectivity index (χ1) is 12.2. The van der Waals surface area contributed by atoms with Gasteiger partial charge in [0.25, 0.3) is 0 Å². The molecule has 7 heteroatoms. The molecule has 0 aromatic rings. The Morgan fingerprint density at radius 2 is 0.963 bits per heavy atom. The van der Waals surface area contributed by atoms with Crippen LogP contribution in [-0.2, 0) is 0 Å². The molecule has 0 aromatic carbocycles. The van der Waals surface area contributed by atoms with E-state index in [1.165, 1.54) is 0 Å². The molecule has 4 nitrogen and oxygen atoms in total. The van der Waals surface area contributed by atoms with Crippen molar-refractivity contribution in [2.45, 2.75) is 0 Å². The van der Waals surface area contributed by atoms with Crippen LogP contribution in [0.2, 0.25) is 0 Å². The number of rotatable bonds is 0. The second-order valence-electron chi connectivity index (χ2n) is 5.88. The summed E-state index contributed by atoms with van der Waals surface area (Å²) in [6.45, 7) is 0. The van der Waals surface area contributed by atoms with E-state index in [2.05, 4.69) is 20.0 Å². The van der Waals surface area contributed by atoms with E-state index in [1.807, 2.05) is 66.8 Å². The minimum atomic E-state index is 0. The van der Waals surface area contributed by atoms with Gasteiger partial charge < -0.3 is 0 Å². The molecule has 8 bridgehead atoms. The summed E-state index contributed by atoms with van der Waals surface area (Å²) in [5, 5.41) is 0.601.